The van der Waals surface area contributed by atoms with Gasteiger partial charge < -0.3 is 9.84 Å². The molecule has 0 amide bonds. The highest BCUT2D eigenvalue weighted by Crippen LogP contribution is 2.31. The number of alkyl halides is 6. The van der Waals surface area contributed by atoms with Crippen molar-refractivity contribution in [2.45, 2.75) is 24.9 Å². The van der Waals surface area contributed by atoms with Crippen LogP contribution in [-0.4, -0.2) is 29.5 Å². The van der Waals surface area contributed by atoms with E-state index in [-0.39, 0.29) is 12.0 Å². The molecule has 0 spiro atoms. The highest BCUT2D eigenvalue weighted by atomic mass is 35.5. The summed E-state index contributed by atoms with van der Waals surface area (Å²) in [5.74, 6) is 0. The summed E-state index contributed by atoms with van der Waals surface area (Å²) in [6.07, 6.45) is -10.8. The lowest BCUT2D eigenvalue weighted by atomic mass is 10.1. The summed E-state index contributed by atoms with van der Waals surface area (Å²) >= 11 is 5.52. The molecule has 3 nitrogen and oxygen atoms in total. The Morgan fingerprint density at radius 2 is 1.81 bits per heavy atom. The van der Waals surface area contributed by atoms with Crippen LogP contribution in [0, 0.1) is 0 Å². The third-order valence-corrected chi connectivity index (χ3v) is 2.63. The molecule has 1 aromatic rings. The number of halogens is 7. The number of pyridine rings is 1. The Morgan fingerprint density at radius 1 is 1.19 bits per heavy atom. The van der Waals surface area contributed by atoms with Crippen LogP contribution in [0.1, 0.15) is 23.8 Å². The smallest absolute Gasteiger partial charge is 0.388 e. The van der Waals surface area contributed by atoms with Gasteiger partial charge in [0.15, 0.2) is 0 Å². The topological polar surface area (TPSA) is 42.4 Å². The van der Waals surface area contributed by atoms with Gasteiger partial charge in [0.1, 0.15) is 17.5 Å². The normalized spacial score (nSPS) is 14.3. The molecule has 10 heteroatoms. The monoisotopic (exact) mass is 337 g/mol. The molecule has 1 rings (SSSR count). The van der Waals surface area contributed by atoms with Gasteiger partial charge in [0.25, 0.3) is 0 Å². The van der Waals surface area contributed by atoms with Crippen molar-refractivity contribution >= 4 is 11.6 Å². The molecule has 0 radical (unpaired) electrons. The zero-order chi connectivity index (χ0) is 16.3. The molecule has 0 fully saturated rings. The minimum absolute atomic E-state index is 0.111. The van der Waals surface area contributed by atoms with Crippen LogP contribution in [0.5, 0.6) is 0 Å². The fraction of sp³-hybridized carbons (Fsp3) is 0.545. The van der Waals surface area contributed by atoms with E-state index in [2.05, 4.69) is 9.72 Å². The van der Waals surface area contributed by atoms with E-state index in [0.717, 1.165) is 6.07 Å². The molecular weight excluding hydrogens is 328 g/mol. The van der Waals surface area contributed by atoms with Crippen LogP contribution < -0.4 is 0 Å². The SMILES string of the molecule is OC(CCOCC(F)(F)F)c1ccc(C(F)(F)F)nc1Cl. The van der Waals surface area contributed by atoms with Crippen molar-refractivity contribution in [3.8, 4) is 0 Å². The molecule has 0 aromatic carbocycles. The summed E-state index contributed by atoms with van der Waals surface area (Å²) in [6.45, 7) is -1.91. The van der Waals surface area contributed by atoms with Gasteiger partial charge in [-0.3, -0.25) is 0 Å². The molecule has 0 aliphatic rings. The second kappa shape index (κ2) is 6.80. The largest absolute Gasteiger partial charge is 0.433 e. The van der Waals surface area contributed by atoms with E-state index in [9.17, 15) is 31.4 Å². The number of aromatic nitrogens is 1. The molecule has 1 aromatic heterocycles. The van der Waals surface area contributed by atoms with Crippen LogP contribution in [0.15, 0.2) is 12.1 Å². The second-order valence-electron chi connectivity index (χ2n) is 4.05. The van der Waals surface area contributed by atoms with Crippen LogP contribution in [0.3, 0.4) is 0 Å². The molecule has 0 saturated carbocycles. The minimum atomic E-state index is -4.68. The molecule has 1 atom stereocenters. The highest BCUT2D eigenvalue weighted by Gasteiger charge is 2.33. The maximum absolute atomic E-state index is 12.4. The molecule has 0 aliphatic carbocycles. The van der Waals surface area contributed by atoms with Crippen LogP contribution in [0.2, 0.25) is 5.15 Å². The van der Waals surface area contributed by atoms with E-state index < -0.39 is 42.5 Å². The number of aliphatic hydroxyl groups is 1. The molecule has 120 valence electrons. The maximum atomic E-state index is 12.4. The van der Waals surface area contributed by atoms with Crippen LogP contribution in [0.25, 0.3) is 0 Å². The van der Waals surface area contributed by atoms with Gasteiger partial charge in [-0.25, -0.2) is 4.98 Å². The number of nitrogens with zero attached hydrogens (tertiary/aromatic N) is 1. The van der Waals surface area contributed by atoms with Crippen LogP contribution in [-0.2, 0) is 10.9 Å². The van der Waals surface area contributed by atoms with Crippen molar-refractivity contribution in [2.24, 2.45) is 0 Å². The molecule has 1 heterocycles. The Bertz CT molecular complexity index is 477. The van der Waals surface area contributed by atoms with Gasteiger partial charge in [-0.2, -0.15) is 26.3 Å². The maximum Gasteiger partial charge on any atom is 0.433 e. The standard InChI is InChI=1S/C11H10ClF6NO2/c12-9-6(1-2-8(19-9)11(16,17)18)7(20)3-4-21-5-10(13,14)15/h1-2,7,20H,3-5H2. The number of rotatable bonds is 5. The van der Waals surface area contributed by atoms with Crippen molar-refractivity contribution in [1.82, 2.24) is 4.98 Å². The Hall–Kier alpha value is -1.06. The van der Waals surface area contributed by atoms with E-state index in [4.69, 9.17) is 11.6 Å². The van der Waals surface area contributed by atoms with Crippen molar-refractivity contribution < 1.29 is 36.2 Å². The van der Waals surface area contributed by atoms with Gasteiger partial charge in [-0.15, -0.1) is 0 Å². The van der Waals surface area contributed by atoms with E-state index in [0.29, 0.717) is 6.07 Å². The van der Waals surface area contributed by atoms with Gasteiger partial charge >= 0.3 is 12.4 Å². The van der Waals surface area contributed by atoms with Gasteiger partial charge in [0.05, 0.1) is 6.10 Å². The quantitative estimate of drug-likeness (QED) is 0.505. The lowest BCUT2D eigenvalue weighted by Gasteiger charge is -2.14. The van der Waals surface area contributed by atoms with Crippen molar-refractivity contribution in [3.05, 3.63) is 28.5 Å². The van der Waals surface area contributed by atoms with E-state index >= 15 is 0 Å². The first-order valence-electron chi connectivity index (χ1n) is 5.57. The Labute approximate surface area is 120 Å². The zero-order valence-corrected chi connectivity index (χ0v) is 11.1. The van der Waals surface area contributed by atoms with Crippen LogP contribution >= 0.6 is 11.6 Å². The second-order valence-corrected chi connectivity index (χ2v) is 4.40. The summed E-state index contributed by atoms with van der Waals surface area (Å²) in [4.78, 5) is 3.09. The zero-order valence-electron chi connectivity index (χ0n) is 10.3. The number of hydrogen-bond acceptors (Lipinski definition) is 3. The third-order valence-electron chi connectivity index (χ3n) is 2.33. The third kappa shape index (κ3) is 6.06. The molecule has 1 unspecified atom stereocenters. The van der Waals surface area contributed by atoms with Crippen molar-refractivity contribution in [2.75, 3.05) is 13.2 Å². The fourth-order valence-electron chi connectivity index (χ4n) is 1.39. The number of aliphatic hydroxyl groups excluding tert-OH is 1. The molecule has 0 saturated heterocycles. The minimum Gasteiger partial charge on any atom is -0.388 e. The number of hydrogen-bond donors (Lipinski definition) is 1. The van der Waals surface area contributed by atoms with E-state index in [1.54, 1.807) is 0 Å². The predicted molar refractivity (Wildman–Crippen MR) is 60.7 cm³/mol. The van der Waals surface area contributed by atoms with Gasteiger partial charge in [-0.1, -0.05) is 17.7 Å². The first kappa shape index (κ1) is 18.0. The molecule has 0 bridgehead atoms. The van der Waals surface area contributed by atoms with Gasteiger partial charge in [0.2, 0.25) is 0 Å². The Morgan fingerprint density at radius 3 is 2.29 bits per heavy atom. The molecule has 21 heavy (non-hydrogen) atoms. The lowest BCUT2D eigenvalue weighted by Crippen LogP contribution is -2.18. The summed E-state index contributed by atoms with van der Waals surface area (Å²) in [5, 5.41) is 9.10. The van der Waals surface area contributed by atoms with Crippen molar-refractivity contribution in [3.63, 3.8) is 0 Å². The summed E-state index contributed by atoms with van der Waals surface area (Å²) in [5.41, 5.74) is -1.34. The lowest BCUT2D eigenvalue weighted by molar-refractivity contribution is -0.175. The Balaban J connectivity index is 2.61. The van der Waals surface area contributed by atoms with E-state index in [1.807, 2.05) is 0 Å². The van der Waals surface area contributed by atoms with Crippen LogP contribution in [0.4, 0.5) is 26.3 Å². The average Bonchev–Trinajstić information content (AvgIpc) is 2.32. The highest BCUT2D eigenvalue weighted by molar-refractivity contribution is 6.30. The fourth-order valence-corrected chi connectivity index (χ4v) is 1.67. The molecule has 0 aliphatic heterocycles. The summed E-state index contributed by atoms with van der Waals surface area (Å²) in [6, 6.07) is 1.55. The average molecular weight is 338 g/mol. The van der Waals surface area contributed by atoms with Crippen molar-refractivity contribution in [1.29, 1.82) is 0 Å². The predicted octanol–water partition coefficient (Wildman–Crippen LogP) is 3.76. The molecule has 1 N–H and O–H groups in total. The van der Waals surface area contributed by atoms with Gasteiger partial charge in [-0.05, 0) is 6.07 Å². The first-order chi connectivity index (χ1) is 9.50. The van der Waals surface area contributed by atoms with E-state index in [1.165, 1.54) is 0 Å². The first-order valence-corrected chi connectivity index (χ1v) is 5.94. The summed E-state index contributed by atoms with van der Waals surface area (Å²) < 4.78 is 76.7. The number of ether oxygens (including phenoxy) is 1. The van der Waals surface area contributed by atoms with Gasteiger partial charge in [0, 0.05) is 18.6 Å². The summed E-state index contributed by atoms with van der Waals surface area (Å²) in [7, 11) is 0. The molecular formula is C11H10ClF6NO2. The Kier molecular flexibility index (Phi) is 5.83.